The van der Waals surface area contributed by atoms with E-state index in [1.807, 2.05) is 11.9 Å². The predicted molar refractivity (Wildman–Crippen MR) is 76.2 cm³/mol. The van der Waals surface area contributed by atoms with Crippen LogP contribution >= 0.6 is 0 Å². The zero-order chi connectivity index (χ0) is 13.7. The van der Waals surface area contributed by atoms with E-state index in [1.165, 1.54) is 12.8 Å². The maximum atomic E-state index is 12.6. The summed E-state index contributed by atoms with van der Waals surface area (Å²) in [5.41, 5.74) is 5.82. The van der Waals surface area contributed by atoms with Crippen LogP contribution in [0.25, 0.3) is 0 Å². The van der Waals surface area contributed by atoms with Crippen LogP contribution in [0.1, 0.15) is 52.9 Å². The molecule has 3 unspecified atom stereocenters. The van der Waals surface area contributed by atoms with Crippen molar-refractivity contribution in [2.24, 2.45) is 23.5 Å². The van der Waals surface area contributed by atoms with Gasteiger partial charge in [0.2, 0.25) is 5.91 Å². The second-order valence-corrected chi connectivity index (χ2v) is 6.31. The minimum atomic E-state index is 0.170. The van der Waals surface area contributed by atoms with Crippen molar-refractivity contribution < 1.29 is 4.79 Å². The molecule has 3 heteroatoms. The molecule has 1 rings (SSSR count). The summed E-state index contributed by atoms with van der Waals surface area (Å²) in [6.07, 6.45) is 5.64. The van der Waals surface area contributed by atoms with Crippen molar-refractivity contribution in [1.29, 1.82) is 0 Å². The van der Waals surface area contributed by atoms with Crippen molar-refractivity contribution in [3.63, 3.8) is 0 Å². The smallest absolute Gasteiger partial charge is 0.225 e. The Balaban J connectivity index is 2.60. The fraction of sp³-hybridized carbons (Fsp3) is 0.933. The number of rotatable bonds is 5. The molecule has 0 aromatic rings. The molecule has 1 amide bonds. The highest BCUT2D eigenvalue weighted by molar-refractivity contribution is 5.79. The number of hydrogen-bond acceptors (Lipinski definition) is 2. The predicted octanol–water partition coefficient (Wildman–Crippen LogP) is 2.64. The van der Waals surface area contributed by atoms with Gasteiger partial charge in [0.15, 0.2) is 0 Å². The normalized spacial score (nSPS) is 26.1. The van der Waals surface area contributed by atoms with Gasteiger partial charge < -0.3 is 10.6 Å². The van der Waals surface area contributed by atoms with E-state index in [0.717, 1.165) is 19.3 Å². The number of nitrogens with zero attached hydrogens (tertiary/aromatic N) is 1. The van der Waals surface area contributed by atoms with Gasteiger partial charge in [-0.05, 0) is 44.6 Å². The Kier molecular flexibility index (Phi) is 6.13. The molecule has 1 fully saturated rings. The maximum Gasteiger partial charge on any atom is 0.225 e. The van der Waals surface area contributed by atoms with Crippen molar-refractivity contribution in [1.82, 2.24) is 4.90 Å². The Hall–Kier alpha value is -0.570. The first-order valence-corrected chi connectivity index (χ1v) is 7.44. The summed E-state index contributed by atoms with van der Waals surface area (Å²) in [5.74, 6) is 1.52. The van der Waals surface area contributed by atoms with Crippen molar-refractivity contribution in [3.05, 3.63) is 0 Å². The lowest BCUT2D eigenvalue weighted by atomic mass is 9.78. The van der Waals surface area contributed by atoms with Crippen molar-refractivity contribution in [2.75, 3.05) is 13.6 Å². The molecule has 0 aromatic heterocycles. The first-order valence-electron chi connectivity index (χ1n) is 7.44. The maximum absolute atomic E-state index is 12.6. The van der Waals surface area contributed by atoms with Crippen LogP contribution in [0.3, 0.4) is 0 Å². The number of amides is 1. The van der Waals surface area contributed by atoms with Crippen LogP contribution in [-0.4, -0.2) is 30.4 Å². The standard InChI is InChI=1S/C15H30N2O/c1-11(2)9-12(3)17(4)15(18)14-8-6-5-7-13(14)10-16/h11-14H,5-10,16H2,1-4H3. The van der Waals surface area contributed by atoms with Gasteiger partial charge in [-0.25, -0.2) is 0 Å². The SMILES string of the molecule is CC(C)CC(C)N(C)C(=O)C1CCCCC1CN. The fourth-order valence-electron chi connectivity index (χ4n) is 3.13. The molecular weight excluding hydrogens is 224 g/mol. The van der Waals surface area contributed by atoms with Gasteiger partial charge in [0.25, 0.3) is 0 Å². The van der Waals surface area contributed by atoms with Crippen molar-refractivity contribution >= 4 is 5.91 Å². The molecule has 1 aliphatic carbocycles. The molecule has 3 atom stereocenters. The van der Waals surface area contributed by atoms with E-state index in [0.29, 0.717) is 30.3 Å². The lowest BCUT2D eigenvalue weighted by molar-refractivity contribution is -0.139. The highest BCUT2D eigenvalue weighted by Gasteiger charge is 2.33. The molecule has 0 bridgehead atoms. The Morgan fingerprint density at radius 3 is 2.44 bits per heavy atom. The third-order valence-corrected chi connectivity index (χ3v) is 4.35. The third-order valence-electron chi connectivity index (χ3n) is 4.35. The van der Waals surface area contributed by atoms with E-state index >= 15 is 0 Å². The average Bonchev–Trinajstić information content (AvgIpc) is 2.36. The minimum absolute atomic E-state index is 0.170. The first kappa shape index (κ1) is 15.5. The average molecular weight is 254 g/mol. The molecular formula is C15H30N2O. The zero-order valence-corrected chi connectivity index (χ0v) is 12.5. The second kappa shape index (κ2) is 7.13. The lowest BCUT2D eigenvalue weighted by Crippen LogP contribution is -2.44. The summed E-state index contributed by atoms with van der Waals surface area (Å²) in [4.78, 5) is 14.5. The van der Waals surface area contributed by atoms with Gasteiger partial charge in [0.05, 0.1) is 0 Å². The monoisotopic (exact) mass is 254 g/mol. The van der Waals surface area contributed by atoms with Gasteiger partial charge in [-0.2, -0.15) is 0 Å². The van der Waals surface area contributed by atoms with E-state index in [4.69, 9.17) is 5.73 Å². The summed E-state index contributed by atoms with van der Waals surface area (Å²) < 4.78 is 0. The van der Waals surface area contributed by atoms with Gasteiger partial charge in [0, 0.05) is 19.0 Å². The molecule has 106 valence electrons. The van der Waals surface area contributed by atoms with E-state index in [2.05, 4.69) is 20.8 Å². The molecule has 0 aromatic carbocycles. The largest absolute Gasteiger partial charge is 0.343 e. The number of nitrogens with two attached hydrogens (primary N) is 1. The Morgan fingerprint density at radius 1 is 1.28 bits per heavy atom. The summed E-state index contributed by atoms with van der Waals surface area (Å²) in [6.45, 7) is 7.22. The van der Waals surface area contributed by atoms with E-state index in [9.17, 15) is 4.79 Å². The minimum Gasteiger partial charge on any atom is -0.343 e. The van der Waals surface area contributed by atoms with Gasteiger partial charge in [-0.3, -0.25) is 4.79 Å². The van der Waals surface area contributed by atoms with Crippen LogP contribution in [0.4, 0.5) is 0 Å². The Labute approximate surface area is 112 Å². The molecule has 0 aliphatic heterocycles. The molecule has 0 heterocycles. The fourth-order valence-corrected chi connectivity index (χ4v) is 3.13. The molecule has 0 saturated heterocycles. The van der Waals surface area contributed by atoms with Crippen LogP contribution in [-0.2, 0) is 4.79 Å². The van der Waals surface area contributed by atoms with E-state index in [1.54, 1.807) is 0 Å². The van der Waals surface area contributed by atoms with Gasteiger partial charge in [0.1, 0.15) is 0 Å². The molecule has 3 nitrogen and oxygen atoms in total. The Morgan fingerprint density at radius 2 is 1.89 bits per heavy atom. The molecule has 1 saturated carbocycles. The highest BCUT2D eigenvalue weighted by Crippen LogP contribution is 2.31. The number of hydrogen-bond donors (Lipinski definition) is 1. The molecule has 2 N–H and O–H groups in total. The molecule has 18 heavy (non-hydrogen) atoms. The molecule has 0 radical (unpaired) electrons. The summed E-state index contributed by atoms with van der Waals surface area (Å²) in [7, 11) is 1.96. The second-order valence-electron chi connectivity index (χ2n) is 6.31. The summed E-state index contributed by atoms with van der Waals surface area (Å²) in [6, 6.07) is 0.331. The van der Waals surface area contributed by atoms with Crippen LogP contribution in [0.5, 0.6) is 0 Å². The molecule has 1 aliphatic rings. The summed E-state index contributed by atoms with van der Waals surface area (Å²) >= 11 is 0. The van der Waals surface area contributed by atoms with E-state index < -0.39 is 0 Å². The molecule has 0 spiro atoms. The van der Waals surface area contributed by atoms with Crippen molar-refractivity contribution in [3.8, 4) is 0 Å². The lowest BCUT2D eigenvalue weighted by Gasteiger charge is -2.35. The van der Waals surface area contributed by atoms with Gasteiger partial charge in [-0.15, -0.1) is 0 Å². The Bertz CT molecular complexity index is 265. The van der Waals surface area contributed by atoms with Crippen LogP contribution in [0.15, 0.2) is 0 Å². The third kappa shape index (κ3) is 3.98. The van der Waals surface area contributed by atoms with Crippen LogP contribution < -0.4 is 5.73 Å². The zero-order valence-electron chi connectivity index (χ0n) is 12.5. The van der Waals surface area contributed by atoms with Gasteiger partial charge in [-0.1, -0.05) is 26.7 Å². The summed E-state index contributed by atoms with van der Waals surface area (Å²) in [5, 5.41) is 0. The first-order chi connectivity index (χ1) is 8.47. The van der Waals surface area contributed by atoms with E-state index in [-0.39, 0.29) is 5.92 Å². The highest BCUT2D eigenvalue weighted by atomic mass is 16.2. The number of carbonyl (C=O) groups is 1. The van der Waals surface area contributed by atoms with Crippen LogP contribution in [0.2, 0.25) is 0 Å². The quantitative estimate of drug-likeness (QED) is 0.820. The van der Waals surface area contributed by atoms with Crippen LogP contribution in [0, 0.1) is 17.8 Å². The van der Waals surface area contributed by atoms with Crippen molar-refractivity contribution in [2.45, 2.75) is 58.9 Å². The van der Waals surface area contributed by atoms with Gasteiger partial charge >= 0.3 is 0 Å². The topological polar surface area (TPSA) is 46.3 Å². The number of carbonyl (C=O) groups excluding carboxylic acids is 1.